The van der Waals surface area contributed by atoms with E-state index in [-0.39, 0.29) is 0 Å². The number of nitrogens with one attached hydrogen (secondary N) is 1. The Labute approximate surface area is 112 Å². The molecule has 2 aromatic carbocycles. The standard InChI is InChI=1S/C15H15N3O/c1-10-3-6-15(19-2)14(7-10)18-13-8-11(9-16)4-5-12(13)17/h3-8,18H,17H2,1-2H3. The first kappa shape index (κ1) is 12.8. The van der Waals surface area contributed by atoms with Gasteiger partial charge in [0.15, 0.2) is 0 Å². The van der Waals surface area contributed by atoms with Gasteiger partial charge in [0, 0.05) is 0 Å². The van der Waals surface area contributed by atoms with E-state index in [0.717, 1.165) is 17.0 Å². The third kappa shape index (κ3) is 2.78. The van der Waals surface area contributed by atoms with Crippen LogP contribution in [-0.4, -0.2) is 7.11 Å². The molecule has 0 unspecified atom stereocenters. The number of nitriles is 1. The zero-order valence-electron chi connectivity index (χ0n) is 10.9. The van der Waals surface area contributed by atoms with E-state index in [1.54, 1.807) is 25.3 Å². The van der Waals surface area contributed by atoms with E-state index in [2.05, 4.69) is 11.4 Å². The van der Waals surface area contributed by atoms with Crippen LogP contribution in [0, 0.1) is 18.3 Å². The summed E-state index contributed by atoms with van der Waals surface area (Å²) in [5.41, 5.74) is 9.68. The Bertz CT molecular complexity index is 644. The first-order valence-corrected chi connectivity index (χ1v) is 5.85. The number of nitrogens with zero attached hydrogens (tertiary/aromatic N) is 1. The smallest absolute Gasteiger partial charge is 0.142 e. The lowest BCUT2D eigenvalue weighted by Gasteiger charge is -2.13. The number of hydrogen-bond acceptors (Lipinski definition) is 4. The molecule has 96 valence electrons. The summed E-state index contributed by atoms with van der Waals surface area (Å²) in [5, 5.41) is 12.1. The largest absolute Gasteiger partial charge is 0.495 e. The molecule has 0 amide bonds. The highest BCUT2D eigenvalue weighted by atomic mass is 16.5. The number of nitrogens with two attached hydrogens (primary N) is 1. The van der Waals surface area contributed by atoms with Crippen molar-refractivity contribution in [3.05, 3.63) is 47.5 Å². The van der Waals surface area contributed by atoms with Crippen molar-refractivity contribution in [2.45, 2.75) is 6.92 Å². The molecule has 0 saturated carbocycles. The Morgan fingerprint density at radius 2 is 1.95 bits per heavy atom. The van der Waals surface area contributed by atoms with Crippen LogP contribution in [0.15, 0.2) is 36.4 Å². The van der Waals surface area contributed by atoms with E-state index in [1.807, 2.05) is 25.1 Å². The van der Waals surface area contributed by atoms with Crippen LogP contribution in [0.1, 0.15) is 11.1 Å². The highest BCUT2D eigenvalue weighted by Crippen LogP contribution is 2.31. The number of aryl methyl sites for hydroxylation is 1. The molecule has 0 saturated heterocycles. The fourth-order valence-corrected chi connectivity index (χ4v) is 1.80. The van der Waals surface area contributed by atoms with E-state index in [0.29, 0.717) is 16.9 Å². The van der Waals surface area contributed by atoms with Gasteiger partial charge in [0.25, 0.3) is 0 Å². The van der Waals surface area contributed by atoms with Crippen LogP contribution in [0.3, 0.4) is 0 Å². The van der Waals surface area contributed by atoms with Gasteiger partial charge in [0.1, 0.15) is 5.75 Å². The van der Waals surface area contributed by atoms with Crippen molar-refractivity contribution in [1.29, 1.82) is 5.26 Å². The quantitative estimate of drug-likeness (QED) is 0.824. The lowest BCUT2D eigenvalue weighted by molar-refractivity contribution is 0.416. The second kappa shape index (κ2) is 5.32. The summed E-state index contributed by atoms with van der Waals surface area (Å²) in [5.74, 6) is 0.729. The number of methoxy groups -OCH3 is 1. The Kier molecular flexibility index (Phi) is 3.58. The minimum atomic E-state index is 0.559. The molecule has 4 nitrogen and oxygen atoms in total. The number of ether oxygens (including phenoxy) is 1. The summed E-state index contributed by atoms with van der Waals surface area (Å²) in [6.07, 6.45) is 0. The Morgan fingerprint density at radius 1 is 1.16 bits per heavy atom. The molecule has 2 rings (SSSR count). The summed E-state index contributed by atoms with van der Waals surface area (Å²) in [6, 6.07) is 13.0. The van der Waals surface area contributed by atoms with Crippen LogP contribution < -0.4 is 15.8 Å². The Balaban J connectivity index is 2.41. The zero-order chi connectivity index (χ0) is 13.8. The number of nitrogen functional groups attached to an aromatic ring is 1. The van der Waals surface area contributed by atoms with E-state index in [4.69, 9.17) is 15.7 Å². The molecule has 2 aromatic rings. The van der Waals surface area contributed by atoms with Crippen molar-refractivity contribution >= 4 is 17.1 Å². The molecule has 0 aliphatic heterocycles. The maximum atomic E-state index is 8.92. The van der Waals surface area contributed by atoms with Crippen LogP contribution in [-0.2, 0) is 0 Å². The molecular formula is C15H15N3O. The van der Waals surface area contributed by atoms with Gasteiger partial charge in [0.05, 0.1) is 35.8 Å². The van der Waals surface area contributed by atoms with Gasteiger partial charge in [-0.1, -0.05) is 6.07 Å². The SMILES string of the molecule is COc1ccc(C)cc1Nc1cc(C#N)ccc1N. The number of benzene rings is 2. The minimum Gasteiger partial charge on any atom is -0.495 e. The summed E-state index contributed by atoms with van der Waals surface area (Å²) < 4.78 is 5.30. The average molecular weight is 253 g/mol. The molecule has 0 aliphatic rings. The average Bonchev–Trinajstić information content (AvgIpc) is 2.41. The minimum absolute atomic E-state index is 0.559. The summed E-state index contributed by atoms with van der Waals surface area (Å²) in [7, 11) is 1.62. The van der Waals surface area contributed by atoms with Crippen LogP contribution in [0.4, 0.5) is 17.1 Å². The zero-order valence-corrected chi connectivity index (χ0v) is 10.9. The topological polar surface area (TPSA) is 71.1 Å². The van der Waals surface area contributed by atoms with Crippen molar-refractivity contribution in [3.63, 3.8) is 0 Å². The molecule has 0 aliphatic carbocycles. The molecule has 0 atom stereocenters. The van der Waals surface area contributed by atoms with E-state index >= 15 is 0 Å². The van der Waals surface area contributed by atoms with Gasteiger partial charge in [0.2, 0.25) is 0 Å². The van der Waals surface area contributed by atoms with Crippen molar-refractivity contribution < 1.29 is 4.74 Å². The maximum Gasteiger partial charge on any atom is 0.142 e. The first-order chi connectivity index (χ1) is 9.13. The third-order valence-corrected chi connectivity index (χ3v) is 2.81. The predicted molar refractivity (Wildman–Crippen MR) is 76.6 cm³/mol. The van der Waals surface area contributed by atoms with Crippen LogP contribution in [0.25, 0.3) is 0 Å². The molecule has 0 spiro atoms. The van der Waals surface area contributed by atoms with Gasteiger partial charge in [-0.15, -0.1) is 0 Å². The lowest BCUT2D eigenvalue weighted by Crippen LogP contribution is -1.99. The highest BCUT2D eigenvalue weighted by molar-refractivity contribution is 5.76. The van der Waals surface area contributed by atoms with E-state index in [1.165, 1.54) is 0 Å². The van der Waals surface area contributed by atoms with Gasteiger partial charge >= 0.3 is 0 Å². The second-order valence-electron chi connectivity index (χ2n) is 4.24. The molecule has 0 aromatic heterocycles. The van der Waals surface area contributed by atoms with E-state index in [9.17, 15) is 0 Å². The van der Waals surface area contributed by atoms with E-state index < -0.39 is 0 Å². The normalized spacial score (nSPS) is 9.74. The summed E-state index contributed by atoms with van der Waals surface area (Å²) in [4.78, 5) is 0. The fraction of sp³-hybridized carbons (Fsp3) is 0.133. The predicted octanol–water partition coefficient (Wildman–Crippen LogP) is 3.20. The van der Waals surface area contributed by atoms with Crippen molar-refractivity contribution in [3.8, 4) is 11.8 Å². The molecular weight excluding hydrogens is 238 g/mol. The molecule has 0 heterocycles. The van der Waals surface area contributed by atoms with Crippen LogP contribution in [0.2, 0.25) is 0 Å². The molecule has 4 heteroatoms. The van der Waals surface area contributed by atoms with Gasteiger partial charge in [-0.3, -0.25) is 0 Å². The van der Waals surface area contributed by atoms with Crippen LogP contribution in [0.5, 0.6) is 5.75 Å². The molecule has 0 bridgehead atoms. The number of anilines is 3. The number of hydrogen-bond donors (Lipinski definition) is 2. The summed E-state index contributed by atoms with van der Waals surface area (Å²) >= 11 is 0. The van der Waals surface area contributed by atoms with Gasteiger partial charge in [-0.05, 0) is 42.8 Å². The Hall–Kier alpha value is -2.67. The first-order valence-electron chi connectivity index (χ1n) is 5.85. The lowest BCUT2D eigenvalue weighted by atomic mass is 10.1. The van der Waals surface area contributed by atoms with Crippen molar-refractivity contribution in [2.75, 3.05) is 18.2 Å². The fourth-order valence-electron chi connectivity index (χ4n) is 1.80. The van der Waals surface area contributed by atoms with Crippen molar-refractivity contribution in [1.82, 2.24) is 0 Å². The molecule has 19 heavy (non-hydrogen) atoms. The third-order valence-electron chi connectivity index (χ3n) is 2.81. The molecule has 0 fully saturated rings. The molecule has 0 radical (unpaired) electrons. The van der Waals surface area contributed by atoms with Gasteiger partial charge in [-0.25, -0.2) is 0 Å². The monoisotopic (exact) mass is 253 g/mol. The number of rotatable bonds is 3. The summed E-state index contributed by atoms with van der Waals surface area (Å²) in [6.45, 7) is 2.00. The maximum absolute atomic E-state index is 8.92. The van der Waals surface area contributed by atoms with Gasteiger partial charge < -0.3 is 15.8 Å². The second-order valence-corrected chi connectivity index (χ2v) is 4.24. The van der Waals surface area contributed by atoms with Gasteiger partial charge in [-0.2, -0.15) is 5.26 Å². The Morgan fingerprint density at radius 3 is 2.63 bits per heavy atom. The van der Waals surface area contributed by atoms with Crippen molar-refractivity contribution in [2.24, 2.45) is 0 Å². The molecule has 3 N–H and O–H groups in total. The highest BCUT2D eigenvalue weighted by Gasteiger charge is 2.06. The van der Waals surface area contributed by atoms with Crippen LogP contribution >= 0.6 is 0 Å².